The number of hydrogen-bond acceptors (Lipinski definition) is 8. The summed E-state index contributed by atoms with van der Waals surface area (Å²) in [5, 5.41) is 24.9. The number of quaternary nitrogens is 1. The van der Waals surface area contributed by atoms with Gasteiger partial charge in [-0.2, -0.15) is 0 Å². The highest BCUT2D eigenvalue weighted by atomic mass is 16.6. The number of aliphatic hydroxyl groups excluding tert-OH is 1. The van der Waals surface area contributed by atoms with Crippen molar-refractivity contribution in [2.45, 2.75) is 44.7 Å². The summed E-state index contributed by atoms with van der Waals surface area (Å²) in [6.07, 6.45) is 0.354. The highest BCUT2D eigenvalue weighted by molar-refractivity contribution is 5.97. The van der Waals surface area contributed by atoms with E-state index < -0.39 is 12.2 Å². The summed E-state index contributed by atoms with van der Waals surface area (Å²) in [5.41, 5.74) is 4.97. The van der Waals surface area contributed by atoms with Gasteiger partial charge in [-0.1, -0.05) is 91.0 Å². The van der Waals surface area contributed by atoms with Crippen LogP contribution in [0.1, 0.15) is 51.6 Å². The molecule has 3 saturated heterocycles. The largest absolute Gasteiger partial charge is 0.506 e. The first kappa shape index (κ1) is 39.6. The summed E-state index contributed by atoms with van der Waals surface area (Å²) >= 11 is 0. The van der Waals surface area contributed by atoms with Crippen LogP contribution >= 0.6 is 0 Å². The van der Waals surface area contributed by atoms with Gasteiger partial charge in [-0.3, -0.25) is 14.5 Å². The van der Waals surface area contributed by atoms with Crippen LogP contribution in [0.4, 0.5) is 10.5 Å². The Morgan fingerprint density at radius 3 is 2.32 bits per heavy atom. The maximum Gasteiger partial charge on any atom is 0.415 e. The molecule has 0 radical (unpaired) electrons. The molecule has 11 heteroatoms. The number of piperidine rings is 3. The normalized spacial score (nSPS) is 18.9. The number of carbonyl (C=O) groups excluding carboxylic acids is 2. The Balaban J connectivity index is 0.859. The number of benzene rings is 5. The van der Waals surface area contributed by atoms with E-state index in [2.05, 4.69) is 10.3 Å². The molecule has 2 atom stereocenters. The van der Waals surface area contributed by atoms with Crippen LogP contribution in [-0.2, 0) is 24.4 Å². The van der Waals surface area contributed by atoms with E-state index in [4.69, 9.17) is 9.47 Å². The van der Waals surface area contributed by atoms with E-state index in [0.717, 1.165) is 53.9 Å². The molecule has 1 aromatic heterocycles. The lowest BCUT2D eigenvalue weighted by molar-refractivity contribution is -0.938. The SMILES string of the molecule is O=C(C[N+]12CCC(CC1)[C@@H](OC(=O)N(Cc1cccc(OCc3ccc(CNC[C@H](O)c4ccc(O)c5[nH]c(=O)ccc45)cc3)c1)c1ccccc1)C2)c1ccccc1. The molecule has 4 heterocycles. The lowest BCUT2D eigenvalue weighted by atomic mass is 9.83. The molecule has 0 aliphatic carbocycles. The molecule has 302 valence electrons. The molecule has 0 saturated carbocycles. The topological polar surface area (TPSA) is 141 Å². The number of nitrogens with zero attached hydrogens (tertiary/aromatic N) is 2. The number of pyridine rings is 1. The number of aromatic hydroxyl groups is 1. The molecule has 9 rings (SSSR count). The molecule has 0 unspecified atom stereocenters. The molecule has 59 heavy (non-hydrogen) atoms. The van der Waals surface area contributed by atoms with Gasteiger partial charge in [-0.05, 0) is 58.7 Å². The van der Waals surface area contributed by atoms with Gasteiger partial charge in [0.1, 0.15) is 31.2 Å². The summed E-state index contributed by atoms with van der Waals surface area (Å²) in [6.45, 7) is 4.36. The minimum absolute atomic E-state index is 0.0455. The van der Waals surface area contributed by atoms with Gasteiger partial charge in [0.25, 0.3) is 0 Å². The molecule has 5 aromatic carbocycles. The Morgan fingerprint density at radius 2 is 1.56 bits per heavy atom. The Kier molecular flexibility index (Phi) is 11.9. The minimum atomic E-state index is -0.847. The van der Waals surface area contributed by atoms with Gasteiger partial charge in [-0.15, -0.1) is 0 Å². The second-order valence-electron chi connectivity index (χ2n) is 15.8. The summed E-state index contributed by atoms with van der Waals surface area (Å²) in [5.74, 6) is 1.05. The number of carbonyl (C=O) groups is 2. The Bertz CT molecular complexity index is 2450. The van der Waals surface area contributed by atoms with Gasteiger partial charge in [0.15, 0.2) is 6.10 Å². The van der Waals surface area contributed by atoms with Gasteiger partial charge >= 0.3 is 6.09 Å². The average Bonchev–Trinajstić information content (AvgIpc) is 3.26. The van der Waals surface area contributed by atoms with Gasteiger partial charge in [-0.25, -0.2) is 4.79 Å². The summed E-state index contributed by atoms with van der Waals surface area (Å²) in [6, 6.07) is 40.9. The first-order chi connectivity index (χ1) is 28.7. The number of H-pyrrole nitrogens is 1. The van der Waals surface area contributed by atoms with Crippen molar-refractivity contribution < 1.29 is 33.8 Å². The number of ketones is 1. The number of ether oxygens (including phenoxy) is 2. The van der Waals surface area contributed by atoms with Crippen LogP contribution in [0.3, 0.4) is 0 Å². The van der Waals surface area contributed by atoms with Gasteiger partial charge < -0.3 is 34.5 Å². The summed E-state index contributed by atoms with van der Waals surface area (Å²) in [4.78, 5) is 43.4. The number of nitrogens with one attached hydrogen (secondary N) is 2. The number of phenolic OH excluding ortho intramolecular Hbond substituents is 1. The fourth-order valence-corrected chi connectivity index (χ4v) is 8.51. The predicted octanol–water partition coefficient (Wildman–Crippen LogP) is 7.27. The van der Waals surface area contributed by atoms with Crippen LogP contribution in [0.2, 0.25) is 0 Å². The fourth-order valence-electron chi connectivity index (χ4n) is 8.51. The first-order valence-electron chi connectivity index (χ1n) is 20.2. The van der Waals surface area contributed by atoms with Crippen LogP contribution < -0.4 is 20.5 Å². The van der Waals surface area contributed by atoms with Gasteiger partial charge in [0.05, 0.1) is 31.3 Å². The molecule has 3 aliphatic rings. The number of aromatic nitrogens is 1. The summed E-state index contributed by atoms with van der Waals surface area (Å²) in [7, 11) is 0. The number of amides is 1. The lowest BCUT2D eigenvalue weighted by Gasteiger charge is -2.51. The zero-order valence-electron chi connectivity index (χ0n) is 32.8. The van der Waals surface area contributed by atoms with E-state index >= 15 is 0 Å². The van der Waals surface area contributed by atoms with E-state index in [-0.39, 0.29) is 35.7 Å². The Hall–Kier alpha value is -6.27. The lowest BCUT2D eigenvalue weighted by Crippen LogP contribution is -2.66. The third kappa shape index (κ3) is 9.39. The van der Waals surface area contributed by atoms with Crippen molar-refractivity contribution in [2.75, 3.05) is 37.6 Å². The van der Waals surface area contributed by atoms with Crippen molar-refractivity contribution in [2.24, 2.45) is 5.92 Å². The highest BCUT2D eigenvalue weighted by Crippen LogP contribution is 2.37. The number of anilines is 1. The maximum atomic E-state index is 14.1. The van der Waals surface area contributed by atoms with Crippen molar-refractivity contribution in [1.82, 2.24) is 10.3 Å². The molecule has 3 aliphatic heterocycles. The number of hydrogen-bond donors (Lipinski definition) is 4. The molecule has 1 amide bonds. The molecule has 3 fully saturated rings. The standard InChI is InChI=1S/C48H48N4O7/c53-42-20-18-40(41-19-21-46(56)50-47(41)42)43(54)28-49-27-33-14-16-34(17-15-33)32-58-39-13-7-8-35(26-39)29-51(38-11-5-2-6-12-38)48(57)59-45-31-52(24-22-37(45)23-25-52)30-44(55)36-9-3-1-4-10-36/h1-21,26,37,43,45,49,54H,22-25,27-32H2,(H-,50,53,56)/p+1/t37?,43-,45-,52?/m0/s1. The molecule has 4 N–H and O–H groups in total. The van der Waals surface area contributed by atoms with Gasteiger partial charge in [0, 0.05) is 54.6 Å². The van der Waals surface area contributed by atoms with Crippen molar-refractivity contribution in [1.29, 1.82) is 0 Å². The minimum Gasteiger partial charge on any atom is -0.506 e. The second kappa shape index (κ2) is 17.7. The maximum absolute atomic E-state index is 14.1. The number of phenols is 1. The van der Waals surface area contributed by atoms with Crippen molar-refractivity contribution >= 4 is 28.5 Å². The zero-order valence-corrected chi connectivity index (χ0v) is 32.8. The van der Waals surface area contributed by atoms with Crippen LogP contribution in [-0.4, -0.2) is 70.4 Å². The number of aliphatic hydroxyl groups is 1. The smallest absolute Gasteiger partial charge is 0.415 e. The number of Topliss-reactive ketones (excluding diaryl/α,β-unsaturated/α-hetero) is 1. The third-order valence-electron chi connectivity index (χ3n) is 11.8. The average molecular weight is 794 g/mol. The highest BCUT2D eigenvalue weighted by Gasteiger charge is 2.49. The monoisotopic (exact) mass is 793 g/mol. The van der Waals surface area contributed by atoms with Crippen LogP contribution in [0, 0.1) is 5.92 Å². The van der Waals surface area contributed by atoms with E-state index in [1.165, 1.54) is 12.1 Å². The third-order valence-corrected chi connectivity index (χ3v) is 11.8. The van der Waals surface area contributed by atoms with Crippen molar-refractivity contribution in [3.8, 4) is 11.5 Å². The molecular weight excluding hydrogens is 745 g/mol. The number of rotatable bonds is 15. The number of para-hydroxylation sites is 1. The van der Waals surface area contributed by atoms with Crippen LogP contribution in [0.5, 0.6) is 11.5 Å². The van der Waals surface area contributed by atoms with Crippen molar-refractivity contribution in [3.63, 3.8) is 0 Å². The molecule has 0 spiro atoms. The second-order valence-corrected chi connectivity index (χ2v) is 15.8. The van der Waals surface area contributed by atoms with Crippen LogP contribution in [0.25, 0.3) is 10.9 Å². The summed E-state index contributed by atoms with van der Waals surface area (Å²) < 4.78 is 13.2. The Morgan fingerprint density at radius 1 is 0.831 bits per heavy atom. The molecule has 11 nitrogen and oxygen atoms in total. The molecular formula is C48H49N4O7+. The van der Waals surface area contributed by atoms with E-state index in [1.807, 2.05) is 109 Å². The molecule has 6 aromatic rings. The Labute approximate surface area is 343 Å². The van der Waals surface area contributed by atoms with Gasteiger partial charge in [0.2, 0.25) is 11.3 Å². The zero-order chi connectivity index (χ0) is 40.8. The molecule has 2 bridgehead atoms. The predicted molar refractivity (Wildman–Crippen MR) is 226 cm³/mol. The van der Waals surface area contributed by atoms with E-state index in [1.54, 1.807) is 17.0 Å². The van der Waals surface area contributed by atoms with E-state index in [0.29, 0.717) is 59.5 Å². The fraction of sp³-hybridized carbons (Fsp3) is 0.271. The quantitative estimate of drug-likeness (QED) is 0.0629. The number of aromatic amines is 1. The number of fused-ring (bicyclic) bond motifs is 4. The van der Waals surface area contributed by atoms with E-state index in [9.17, 15) is 24.6 Å². The van der Waals surface area contributed by atoms with Crippen molar-refractivity contribution in [3.05, 3.63) is 172 Å². The van der Waals surface area contributed by atoms with Crippen LogP contribution in [0.15, 0.2) is 138 Å². The first-order valence-corrected chi connectivity index (χ1v) is 20.2.